The van der Waals surface area contributed by atoms with Gasteiger partial charge in [0.1, 0.15) is 0 Å². The summed E-state index contributed by atoms with van der Waals surface area (Å²) in [6.07, 6.45) is 3.29. The fraction of sp³-hybridized carbons (Fsp3) is 1.00. The Morgan fingerprint density at radius 1 is 1.54 bits per heavy atom. The van der Waals surface area contributed by atoms with Gasteiger partial charge in [-0.2, -0.15) is 0 Å². The van der Waals surface area contributed by atoms with Gasteiger partial charge in [-0.05, 0) is 39.0 Å². The van der Waals surface area contributed by atoms with Crippen molar-refractivity contribution in [2.45, 2.75) is 50.4 Å². The molecule has 1 saturated heterocycles. The molecule has 1 saturated carbocycles. The number of epoxide rings is 1. The third kappa shape index (κ3) is 1.49. The molecule has 0 spiro atoms. The number of rotatable bonds is 2. The van der Waals surface area contributed by atoms with Gasteiger partial charge in [0.05, 0.1) is 23.9 Å². The molecule has 1 aliphatic carbocycles. The molecule has 0 radical (unpaired) electrons. The standard InChI is InChI=1S/C10H18O3/c1-9(12,6-11)7-3-4-8-10(2,5-7)13-8/h7-8,11-12H,3-6H2,1-2H3. The Morgan fingerprint density at radius 2 is 2.23 bits per heavy atom. The summed E-state index contributed by atoms with van der Waals surface area (Å²) < 4.78 is 5.54. The van der Waals surface area contributed by atoms with Gasteiger partial charge < -0.3 is 14.9 Å². The van der Waals surface area contributed by atoms with Crippen LogP contribution in [0.3, 0.4) is 0 Å². The molecule has 3 heteroatoms. The third-order valence-electron chi connectivity index (χ3n) is 3.66. The molecule has 1 heterocycles. The summed E-state index contributed by atoms with van der Waals surface area (Å²) >= 11 is 0. The Hall–Kier alpha value is -0.120. The van der Waals surface area contributed by atoms with Crippen molar-refractivity contribution in [1.82, 2.24) is 0 Å². The minimum Gasteiger partial charge on any atom is -0.393 e. The second kappa shape index (κ2) is 2.69. The van der Waals surface area contributed by atoms with Crippen LogP contribution in [-0.2, 0) is 4.74 Å². The van der Waals surface area contributed by atoms with Crippen LogP contribution < -0.4 is 0 Å². The first-order chi connectivity index (χ1) is 5.98. The van der Waals surface area contributed by atoms with Crippen molar-refractivity contribution in [2.75, 3.05) is 6.61 Å². The summed E-state index contributed by atoms with van der Waals surface area (Å²) in [5.74, 6) is 0.182. The minimum absolute atomic E-state index is 0.00206. The predicted octanol–water partition coefficient (Wildman–Crippen LogP) is 0.687. The molecule has 0 amide bonds. The highest BCUT2D eigenvalue weighted by Crippen LogP contribution is 2.51. The van der Waals surface area contributed by atoms with Gasteiger partial charge in [0.25, 0.3) is 0 Å². The molecule has 0 aromatic rings. The average Bonchev–Trinajstić information content (AvgIpc) is 2.75. The summed E-state index contributed by atoms with van der Waals surface area (Å²) in [5, 5.41) is 18.9. The molecule has 0 bridgehead atoms. The van der Waals surface area contributed by atoms with Gasteiger partial charge in [0.15, 0.2) is 0 Å². The SMILES string of the molecule is CC(O)(CO)C1CCC2OC2(C)C1. The zero-order valence-electron chi connectivity index (χ0n) is 8.29. The van der Waals surface area contributed by atoms with E-state index in [1.165, 1.54) is 0 Å². The Kier molecular flexibility index (Phi) is 1.95. The Balaban J connectivity index is 2.02. The Morgan fingerprint density at radius 3 is 2.77 bits per heavy atom. The lowest BCUT2D eigenvalue weighted by atomic mass is 9.74. The van der Waals surface area contributed by atoms with E-state index in [9.17, 15) is 5.11 Å². The molecule has 2 fully saturated rings. The maximum Gasteiger partial charge on any atom is 0.0924 e. The summed E-state index contributed by atoms with van der Waals surface area (Å²) in [7, 11) is 0. The summed E-state index contributed by atoms with van der Waals surface area (Å²) in [6.45, 7) is 3.65. The zero-order valence-corrected chi connectivity index (χ0v) is 8.29. The first kappa shape index (κ1) is 9.44. The van der Waals surface area contributed by atoms with Crippen molar-refractivity contribution < 1.29 is 14.9 Å². The van der Waals surface area contributed by atoms with Crippen LogP contribution in [0.2, 0.25) is 0 Å². The van der Waals surface area contributed by atoms with E-state index >= 15 is 0 Å². The monoisotopic (exact) mass is 186 g/mol. The maximum absolute atomic E-state index is 9.89. The molecule has 1 aliphatic heterocycles. The van der Waals surface area contributed by atoms with Crippen LogP contribution in [-0.4, -0.2) is 34.1 Å². The van der Waals surface area contributed by atoms with E-state index in [0.29, 0.717) is 6.10 Å². The van der Waals surface area contributed by atoms with Crippen LogP contribution in [0.25, 0.3) is 0 Å². The molecular formula is C10H18O3. The second-order valence-corrected chi connectivity index (χ2v) is 4.91. The number of hydrogen-bond donors (Lipinski definition) is 2. The van der Waals surface area contributed by atoms with Crippen LogP contribution in [0.4, 0.5) is 0 Å². The van der Waals surface area contributed by atoms with E-state index in [4.69, 9.17) is 9.84 Å². The van der Waals surface area contributed by atoms with Crippen molar-refractivity contribution >= 4 is 0 Å². The quantitative estimate of drug-likeness (QED) is 0.624. The highest BCUT2D eigenvalue weighted by atomic mass is 16.6. The van der Waals surface area contributed by atoms with Crippen molar-refractivity contribution in [3.63, 3.8) is 0 Å². The number of ether oxygens (including phenoxy) is 1. The normalized spacial score (nSPS) is 48.0. The van der Waals surface area contributed by atoms with Crippen molar-refractivity contribution in [3.05, 3.63) is 0 Å². The molecule has 76 valence electrons. The van der Waals surface area contributed by atoms with Gasteiger partial charge in [-0.1, -0.05) is 0 Å². The molecule has 0 aromatic heterocycles. The summed E-state index contributed by atoms with van der Waals surface area (Å²) in [6, 6.07) is 0. The van der Waals surface area contributed by atoms with Crippen LogP contribution in [0.1, 0.15) is 33.1 Å². The molecule has 2 rings (SSSR count). The number of aliphatic hydroxyl groups is 2. The van der Waals surface area contributed by atoms with Gasteiger partial charge in [0.2, 0.25) is 0 Å². The molecule has 13 heavy (non-hydrogen) atoms. The van der Waals surface area contributed by atoms with Gasteiger partial charge in [-0.25, -0.2) is 0 Å². The Bertz CT molecular complexity index is 214. The van der Waals surface area contributed by atoms with Crippen LogP contribution in [0.15, 0.2) is 0 Å². The second-order valence-electron chi connectivity index (χ2n) is 4.91. The lowest BCUT2D eigenvalue weighted by molar-refractivity contribution is -0.0599. The third-order valence-corrected chi connectivity index (χ3v) is 3.66. The van der Waals surface area contributed by atoms with Gasteiger partial charge in [-0.3, -0.25) is 0 Å². The molecular weight excluding hydrogens is 168 g/mol. The largest absolute Gasteiger partial charge is 0.393 e. The van der Waals surface area contributed by atoms with Gasteiger partial charge >= 0.3 is 0 Å². The van der Waals surface area contributed by atoms with E-state index in [1.54, 1.807) is 6.92 Å². The van der Waals surface area contributed by atoms with E-state index < -0.39 is 5.60 Å². The smallest absolute Gasteiger partial charge is 0.0924 e. The van der Waals surface area contributed by atoms with Gasteiger partial charge in [0, 0.05) is 0 Å². The highest BCUT2D eigenvalue weighted by Gasteiger charge is 2.57. The molecule has 3 nitrogen and oxygen atoms in total. The number of aliphatic hydroxyl groups excluding tert-OH is 1. The van der Waals surface area contributed by atoms with E-state index in [0.717, 1.165) is 19.3 Å². The van der Waals surface area contributed by atoms with Crippen molar-refractivity contribution in [1.29, 1.82) is 0 Å². The van der Waals surface area contributed by atoms with Gasteiger partial charge in [-0.15, -0.1) is 0 Å². The topological polar surface area (TPSA) is 53.0 Å². The first-order valence-corrected chi connectivity index (χ1v) is 4.99. The lowest BCUT2D eigenvalue weighted by Crippen LogP contribution is -2.42. The van der Waals surface area contributed by atoms with Crippen molar-refractivity contribution in [3.8, 4) is 0 Å². The highest BCUT2D eigenvalue weighted by molar-refractivity contribution is 5.06. The lowest BCUT2D eigenvalue weighted by Gasteiger charge is -2.34. The molecule has 4 unspecified atom stereocenters. The molecule has 2 aliphatic rings. The fourth-order valence-corrected chi connectivity index (χ4v) is 2.44. The summed E-state index contributed by atoms with van der Waals surface area (Å²) in [4.78, 5) is 0. The molecule has 4 atom stereocenters. The number of hydrogen-bond acceptors (Lipinski definition) is 3. The maximum atomic E-state index is 9.89. The van der Waals surface area contributed by atoms with Crippen LogP contribution >= 0.6 is 0 Å². The average molecular weight is 186 g/mol. The molecule has 0 aromatic carbocycles. The summed E-state index contributed by atoms with van der Waals surface area (Å²) in [5.41, 5.74) is -0.929. The van der Waals surface area contributed by atoms with Crippen LogP contribution in [0, 0.1) is 5.92 Å². The molecule has 2 N–H and O–H groups in total. The van der Waals surface area contributed by atoms with E-state index in [2.05, 4.69) is 6.92 Å². The van der Waals surface area contributed by atoms with Crippen molar-refractivity contribution in [2.24, 2.45) is 5.92 Å². The predicted molar refractivity (Wildman–Crippen MR) is 48.3 cm³/mol. The van der Waals surface area contributed by atoms with Crippen LogP contribution in [0.5, 0.6) is 0 Å². The number of fused-ring (bicyclic) bond motifs is 1. The zero-order chi connectivity index (χ0) is 9.69. The minimum atomic E-state index is -0.931. The van der Waals surface area contributed by atoms with E-state index in [1.807, 2.05) is 0 Å². The first-order valence-electron chi connectivity index (χ1n) is 4.99. The fourth-order valence-electron chi connectivity index (χ4n) is 2.44. The van der Waals surface area contributed by atoms with E-state index in [-0.39, 0.29) is 18.1 Å². The Labute approximate surface area is 78.7 Å².